The molecule has 0 aromatic carbocycles. The number of carbonyl (C=O) groups excluding carboxylic acids is 1. The molecule has 0 radical (unpaired) electrons. The van der Waals surface area contributed by atoms with E-state index in [9.17, 15) is 4.79 Å². The van der Waals surface area contributed by atoms with Crippen molar-refractivity contribution in [3.05, 3.63) is 18.5 Å². The number of alkyl carbamates (subject to hydrolysis) is 1. The first kappa shape index (κ1) is 16.5. The normalized spacial score (nSPS) is 22.3. The van der Waals surface area contributed by atoms with E-state index < -0.39 is 5.60 Å². The van der Waals surface area contributed by atoms with Crippen molar-refractivity contribution in [2.24, 2.45) is 5.92 Å². The Bertz CT molecular complexity index is 487. The second-order valence-corrected chi connectivity index (χ2v) is 6.81. The van der Waals surface area contributed by atoms with Gasteiger partial charge in [-0.1, -0.05) is 6.92 Å². The zero-order chi connectivity index (χ0) is 16.2. The summed E-state index contributed by atoms with van der Waals surface area (Å²) in [6, 6.07) is 1.99. The second kappa shape index (κ2) is 6.94. The summed E-state index contributed by atoms with van der Waals surface area (Å²) >= 11 is 0. The molecule has 6 nitrogen and oxygen atoms in total. The average Bonchev–Trinajstić information content (AvgIpc) is 2.45. The fourth-order valence-corrected chi connectivity index (χ4v) is 2.75. The lowest BCUT2D eigenvalue weighted by atomic mass is 9.91. The highest BCUT2D eigenvalue weighted by molar-refractivity contribution is 5.67. The van der Waals surface area contributed by atoms with E-state index in [1.807, 2.05) is 26.8 Å². The van der Waals surface area contributed by atoms with Gasteiger partial charge in [-0.25, -0.2) is 14.8 Å². The highest BCUT2D eigenvalue weighted by Gasteiger charge is 2.30. The van der Waals surface area contributed by atoms with Crippen molar-refractivity contribution in [3.63, 3.8) is 0 Å². The molecule has 0 saturated carbocycles. The Balaban J connectivity index is 2.00. The van der Waals surface area contributed by atoms with Gasteiger partial charge >= 0.3 is 6.09 Å². The first-order valence-corrected chi connectivity index (χ1v) is 7.87. The Labute approximate surface area is 132 Å². The number of rotatable bonds is 3. The van der Waals surface area contributed by atoms with Crippen LogP contribution in [0, 0.1) is 5.92 Å². The summed E-state index contributed by atoms with van der Waals surface area (Å²) < 4.78 is 5.31. The molecule has 2 heterocycles. The van der Waals surface area contributed by atoms with Crippen LogP contribution < -0.4 is 10.2 Å². The molecular formula is C16H26N4O2. The van der Waals surface area contributed by atoms with Gasteiger partial charge < -0.3 is 15.0 Å². The summed E-state index contributed by atoms with van der Waals surface area (Å²) in [6.07, 6.45) is 5.38. The van der Waals surface area contributed by atoms with Crippen LogP contribution in [0.2, 0.25) is 0 Å². The quantitative estimate of drug-likeness (QED) is 0.929. The van der Waals surface area contributed by atoms with Crippen LogP contribution in [0.15, 0.2) is 18.5 Å². The minimum atomic E-state index is -0.482. The van der Waals surface area contributed by atoms with Gasteiger partial charge in [-0.2, -0.15) is 0 Å². The number of piperidine rings is 1. The monoisotopic (exact) mass is 306 g/mol. The van der Waals surface area contributed by atoms with Crippen LogP contribution >= 0.6 is 0 Å². The molecule has 6 heteroatoms. The first-order valence-electron chi connectivity index (χ1n) is 7.87. The maximum absolute atomic E-state index is 11.9. The number of anilines is 1. The van der Waals surface area contributed by atoms with Gasteiger partial charge in [-0.15, -0.1) is 0 Å². The van der Waals surface area contributed by atoms with Gasteiger partial charge in [-0.3, -0.25) is 0 Å². The van der Waals surface area contributed by atoms with E-state index in [1.54, 1.807) is 12.4 Å². The molecule has 1 aromatic heterocycles. The molecule has 22 heavy (non-hydrogen) atoms. The van der Waals surface area contributed by atoms with Crippen molar-refractivity contribution < 1.29 is 9.53 Å². The maximum atomic E-state index is 11.9. The van der Waals surface area contributed by atoms with Crippen molar-refractivity contribution in [2.75, 3.05) is 18.0 Å². The number of hydrogen-bond acceptors (Lipinski definition) is 5. The Morgan fingerprint density at radius 3 is 2.73 bits per heavy atom. The molecule has 1 aliphatic heterocycles. The maximum Gasteiger partial charge on any atom is 0.407 e. The Kier molecular flexibility index (Phi) is 5.21. The molecule has 1 N–H and O–H groups in total. The summed E-state index contributed by atoms with van der Waals surface area (Å²) in [6.45, 7) is 9.24. The van der Waals surface area contributed by atoms with Crippen molar-refractivity contribution >= 4 is 12.0 Å². The van der Waals surface area contributed by atoms with Crippen LogP contribution in [0.1, 0.15) is 40.5 Å². The van der Waals surface area contributed by atoms with Crippen molar-refractivity contribution in [2.45, 2.75) is 52.2 Å². The van der Waals surface area contributed by atoms with E-state index >= 15 is 0 Å². The van der Waals surface area contributed by atoms with Crippen molar-refractivity contribution in [3.8, 4) is 0 Å². The fraction of sp³-hybridized carbons (Fsp3) is 0.688. The minimum absolute atomic E-state index is 0.184. The third-order valence-corrected chi connectivity index (χ3v) is 3.78. The average molecular weight is 306 g/mol. The smallest absolute Gasteiger partial charge is 0.407 e. The van der Waals surface area contributed by atoms with Gasteiger partial charge in [-0.05, 0) is 45.6 Å². The molecular weight excluding hydrogens is 280 g/mol. The molecule has 0 spiro atoms. The van der Waals surface area contributed by atoms with Crippen LogP contribution in [0.3, 0.4) is 0 Å². The SMILES string of the molecule is C[C@@H]1CCCN(c2ncccn2)[C@@H]1CNC(=O)OC(C)(C)C. The predicted molar refractivity (Wildman–Crippen MR) is 85.8 cm³/mol. The molecule has 0 unspecified atom stereocenters. The van der Waals surface area contributed by atoms with E-state index in [2.05, 4.69) is 27.1 Å². The van der Waals surface area contributed by atoms with Gasteiger partial charge in [0.15, 0.2) is 0 Å². The van der Waals surface area contributed by atoms with Gasteiger partial charge in [0, 0.05) is 25.5 Å². The molecule has 2 atom stereocenters. The molecule has 1 aliphatic rings. The summed E-state index contributed by atoms with van der Waals surface area (Å²) in [4.78, 5) is 22.7. The number of aromatic nitrogens is 2. The second-order valence-electron chi connectivity index (χ2n) is 6.81. The largest absolute Gasteiger partial charge is 0.444 e. The minimum Gasteiger partial charge on any atom is -0.444 e. The number of amides is 1. The third-order valence-electron chi connectivity index (χ3n) is 3.78. The standard InChI is InChI=1S/C16H26N4O2/c1-12-7-5-10-20(14-17-8-6-9-18-14)13(12)11-19-15(21)22-16(2,3)4/h6,8-9,12-13H,5,7,10-11H2,1-4H3,(H,19,21)/t12-,13-/m1/s1. The third kappa shape index (κ3) is 4.58. The van der Waals surface area contributed by atoms with E-state index in [-0.39, 0.29) is 12.1 Å². The number of nitrogens with zero attached hydrogens (tertiary/aromatic N) is 3. The van der Waals surface area contributed by atoms with Gasteiger partial charge in [0.2, 0.25) is 5.95 Å². The molecule has 2 rings (SSSR count). The summed E-state index contributed by atoms with van der Waals surface area (Å²) in [7, 11) is 0. The highest BCUT2D eigenvalue weighted by Crippen LogP contribution is 2.25. The number of nitrogens with one attached hydrogen (secondary N) is 1. The predicted octanol–water partition coefficient (Wildman–Crippen LogP) is 2.61. The summed E-state index contributed by atoms with van der Waals surface area (Å²) in [5.74, 6) is 1.19. The number of ether oxygens (including phenoxy) is 1. The molecule has 0 aliphatic carbocycles. The Morgan fingerprint density at radius 2 is 2.09 bits per heavy atom. The molecule has 122 valence electrons. The Morgan fingerprint density at radius 1 is 1.41 bits per heavy atom. The van der Waals surface area contributed by atoms with Crippen molar-refractivity contribution in [1.29, 1.82) is 0 Å². The summed E-state index contributed by atoms with van der Waals surface area (Å²) in [5, 5.41) is 2.88. The van der Waals surface area contributed by atoms with E-state index in [4.69, 9.17) is 4.74 Å². The van der Waals surface area contributed by atoms with E-state index in [0.29, 0.717) is 12.5 Å². The van der Waals surface area contributed by atoms with Gasteiger partial charge in [0.1, 0.15) is 5.60 Å². The van der Waals surface area contributed by atoms with E-state index in [1.165, 1.54) is 0 Å². The zero-order valence-electron chi connectivity index (χ0n) is 13.9. The number of carbonyl (C=O) groups is 1. The summed E-state index contributed by atoms with van der Waals surface area (Å²) in [5.41, 5.74) is -0.482. The molecule has 1 aromatic rings. The highest BCUT2D eigenvalue weighted by atomic mass is 16.6. The lowest BCUT2D eigenvalue weighted by Crippen LogP contribution is -2.52. The van der Waals surface area contributed by atoms with Crippen LogP contribution in [0.4, 0.5) is 10.7 Å². The Hall–Kier alpha value is -1.85. The lowest BCUT2D eigenvalue weighted by Gasteiger charge is -2.40. The van der Waals surface area contributed by atoms with E-state index in [0.717, 1.165) is 25.3 Å². The van der Waals surface area contributed by atoms with Crippen LogP contribution in [-0.4, -0.2) is 40.8 Å². The van der Waals surface area contributed by atoms with Gasteiger partial charge in [0.25, 0.3) is 0 Å². The molecule has 1 fully saturated rings. The van der Waals surface area contributed by atoms with Crippen LogP contribution in [-0.2, 0) is 4.74 Å². The van der Waals surface area contributed by atoms with Gasteiger partial charge in [0.05, 0.1) is 6.04 Å². The van der Waals surface area contributed by atoms with Crippen molar-refractivity contribution in [1.82, 2.24) is 15.3 Å². The zero-order valence-corrected chi connectivity index (χ0v) is 13.9. The molecule has 1 saturated heterocycles. The molecule has 1 amide bonds. The molecule has 0 bridgehead atoms. The topological polar surface area (TPSA) is 67.4 Å². The fourth-order valence-electron chi connectivity index (χ4n) is 2.75. The first-order chi connectivity index (χ1) is 10.4. The number of hydrogen-bond donors (Lipinski definition) is 1. The van der Waals surface area contributed by atoms with Crippen LogP contribution in [0.25, 0.3) is 0 Å². The lowest BCUT2D eigenvalue weighted by molar-refractivity contribution is 0.0519. The van der Waals surface area contributed by atoms with Crippen LogP contribution in [0.5, 0.6) is 0 Å².